The quantitative estimate of drug-likeness (QED) is 0.182. The molecule has 0 spiro atoms. The van der Waals surface area contributed by atoms with Gasteiger partial charge in [0.05, 0.1) is 6.04 Å². The van der Waals surface area contributed by atoms with Crippen LogP contribution in [0.3, 0.4) is 0 Å². The van der Waals surface area contributed by atoms with Crippen LogP contribution < -0.4 is 21.3 Å². The van der Waals surface area contributed by atoms with E-state index in [1.165, 1.54) is 0 Å². The van der Waals surface area contributed by atoms with Crippen LogP contribution in [0.1, 0.15) is 78.2 Å². The van der Waals surface area contributed by atoms with Crippen molar-refractivity contribution in [2.45, 2.75) is 109 Å². The van der Waals surface area contributed by atoms with E-state index < -0.39 is 66.2 Å². The van der Waals surface area contributed by atoms with Gasteiger partial charge in [0.25, 0.3) is 5.91 Å². The lowest BCUT2D eigenvalue weighted by atomic mass is 9.83. The molecule has 3 unspecified atom stereocenters. The van der Waals surface area contributed by atoms with Gasteiger partial charge < -0.3 is 36.2 Å². The molecule has 252 valence electrons. The van der Waals surface area contributed by atoms with Crippen LogP contribution in [0, 0.1) is 5.92 Å². The number of aliphatic hydroxyl groups excluding tert-OH is 1. The number of carbonyl (C=O) groups is 5. The molecule has 2 aromatic rings. The number of carbonyl (C=O) groups excluding carboxylic acids is 4. The molecule has 0 saturated heterocycles. The number of fused-ring (bicyclic) bond motifs is 1. The Balaban J connectivity index is 1.89. The standard InChI is InChI=1S/C34H48N4O8/c1-5-11-25(29(41)32(44)35-20-27(39)40)36-30(42)26(19-21-16-17-22-12-9-10-15-24(22)18-21)37-31(43)28(23-13-7-6-8-14-23)38-33(45)46-34(2,3)4/h9-10,12,15-18,23,25-26,28-29,41H,5-8,11,13-14,19-20H2,1-4H3,(H,35,44)(H,36,42)(H,37,43)(H,38,45)(H,39,40)/t25?,26-,28?,29?/m0/s1. The molecule has 2 aromatic carbocycles. The zero-order chi connectivity index (χ0) is 33.9. The number of ether oxygens (including phenoxy) is 1. The van der Waals surface area contributed by atoms with E-state index in [1.807, 2.05) is 49.4 Å². The minimum atomic E-state index is -1.72. The zero-order valence-electron chi connectivity index (χ0n) is 27.1. The molecular formula is C34H48N4O8. The molecule has 4 amide bonds. The van der Waals surface area contributed by atoms with Crippen LogP contribution in [0.4, 0.5) is 4.79 Å². The van der Waals surface area contributed by atoms with Crippen LogP contribution in [-0.4, -0.2) is 76.4 Å². The Labute approximate surface area is 270 Å². The van der Waals surface area contributed by atoms with Crippen LogP contribution in [0.15, 0.2) is 42.5 Å². The van der Waals surface area contributed by atoms with Crippen molar-refractivity contribution in [1.82, 2.24) is 21.3 Å². The Hall–Kier alpha value is -4.19. The van der Waals surface area contributed by atoms with Crippen molar-refractivity contribution < 1.29 is 38.9 Å². The van der Waals surface area contributed by atoms with Crippen molar-refractivity contribution in [3.63, 3.8) is 0 Å². The van der Waals surface area contributed by atoms with E-state index >= 15 is 0 Å². The Morgan fingerprint density at radius 3 is 2.20 bits per heavy atom. The van der Waals surface area contributed by atoms with Crippen LogP contribution in [0.5, 0.6) is 0 Å². The number of rotatable bonds is 14. The van der Waals surface area contributed by atoms with Gasteiger partial charge in [0.15, 0.2) is 6.10 Å². The summed E-state index contributed by atoms with van der Waals surface area (Å²) in [7, 11) is 0. The average molecular weight is 641 g/mol. The van der Waals surface area contributed by atoms with Crippen molar-refractivity contribution in [2.75, 3.05) is 6.54 Å². The van der Waals surface area contributed by atoms with Gasteiger partial charge in [-0.05, 0) is 62.3 Å². The fraction of sp³-hybridized carbons (Fsp3) is 0.559. The molecule has 6 N–H and O–H groups in total. The molecule has 12 nitrogen and oxygen atoms in total. The lowest BCUT2D eigenvalue weighted by molar-refractivity contribution is -0.140. The summed E-state index contributed by atoms with van der Waals surface area (Å²) in [4.78, 5) is 64.0. The minimum absolute atomic E-state index is 0.0897. The van der Waals surface area contributed by atoms with E-state index in [4.69, 9.17) is 9.84 Å². The molecule has 1 aliphatic carbocycles. The Bertz CT molecular complexity index is 1370. The molecular weight excluding hydrogens is 592 g/mol. The molecule has 0 aromatic heterocycles. The summed E-state index contributed by atoms with van der Waals surface area (Å²) in [6.07, 6.45) is 2.66. The number of aliphatic carboxylic acids is 1. The molecule has 46 heavy (non-hydrogen) atoms. The minimum Gasteiger partial charge on any atom is -0.480 e. The van der Waals surface area contributed by atoms with Gasteiger partial charge in [-0.15, -0.1) is 0 Å². The maximum atomic E-state index is 13.9. The highest BCUT2D eigenvalue weighted by Gasteiger charge is 2.36. The number of aliphatic hydroxyl groups is 1. The van der Waals surface area contributed by atoms with Gasteiger partial charge >= 0.3 is 12.1 Å². The van der Waals surface area contributed by atoms with E-state index in [-0.39, 0.29) is 18.8 Å². The molecule has 0 aliphatic heterocycles. The van der Waals surface area contributed by atoms with Crippen molar-refractivity contribution in [3.05, 3.63) is 48.0 Å². The topological polar surface area (TPSA) is 183 Å². The highest BCUT2D eigenvalue weighted by atomic mass is 16.6. The predicted octanol–water partition coefficient (Wildman–Crippen LogP) is 3.19. The van der Waals surface area contributed by atoms with Gasteiger partial charge in [-0.1, -0.05) is 75.1 Å². The first-order valence-corrected chi connectivity index (χ1v) is 16.0. The van der Waals surface area contributed by atoms with Gasteiger partial charge in [-0.2, -0.15) is 0 Å². The molecule has 12 heteroatoms. The molecule has 0 heterocycles. The number of benzene rings is 2. The normalized spacial score (nSPS) is 16.4. The Kier molecular flexibility index (Phi) is 13.4. The van der Waals surface area contributed by atoms with Crippen LogP contribution in [0.2, 0.25) is 0 Å². The molecule has 0 bridgehead atoms. The molecule has 3 rings (SSSR count). The third-order valence-corrected chi connectivity index (χ3v) is 7.95. The molecule has 1 aliphatic rings. The zero-order valence-corrected chi connectivity index (χ0v) is 27.1. The highest BCUT2D eigenvalue weighted by Crippen LogP contribution is 2.27. The first-order valence-electron chi connectivity index (χ1n) is 16.0. The fourth-order valence-corrected chi connectivity index (χ4v) is 5.73. The van der Waals surface area contributed by atoms with Gasteiger partial charge in [0.2, 0.25) is 11.8 Å². The summed E-state index contributed by atoms with van der Waals surface area (Å²) >= 11 is 0. The van der Waals surface area contributed by atoms with E-state index in [9.17, 15) is 29.1 Å². The van der Waals surface area contributed by atoms with Crippen LogP contribution in [0.25, 0.3) is 10.8 Å². The SMILES string of the molecule is CCCC(NC(=O)[C@H](Cc1ccc2ccccc2c1)NC(=O)C(NC(=O)OC(C)(C)C)C1CCCCC1)C(O)C(=O)NCC(=O)O. The largest absolute Gasteiger partial charge is 0.480 e. The summed E-state index contributed by atoms with van der Waals surface area (Å²) in [5.41, 5.74) is -0.0116. The van der Waals surface area contributed by atoms with Gasteiger partial charge in [0, 0.05) is 6.42 Å². The lowest BCUT2D eigenvalue weighted by Gasteiger charge is -2.32. The first kappa shape index (κ1) is 36.3. The number of hydrogen-bond acceptors (Lipinski definition) is 7. The Morgan fingerprint density at radius 1 is 0.891 bits per heavy atom. The van der Waals surface area contributed by atoms with E-state index in [0.29, 0.717) is 6.42 Å². The van der Waals surface area contributed by atoms with Crippen molar-refractivity contribution in [2.24, 2.45) is 5.92 Å². The summed E-state index contributed by atoms with van der Waals surface area (Å²) in [6.45, 7) is 6.32. The predicted molar refractivity (Wildman–Crippen MR) is 173 cm³/mol. The van der Waals surface area contributed by atoms with E-state index in [0.717, 1.165) is 48.4 Å². The maximum Gasteiger partial charge on any atom is 0.408 e. The van der Waals surface area contributed by atoms with Gasteiger partial charge in [-0.3, -0.25) is 19.2 Å². The third-order valence-electron chi connectivity index (χ3n) is 7.95. The molecule has 4 atom stereocenters. The number of hydrogen-bond donors (Lipinski definition) is 6. The third kappa shape index (κ3) is 11.3. The van der Waals surface area contributed by atoms with Crippen LogP contribution >= 0.6 is 0 Å². The number of nitrogens with one attached hydrogen (secondary N) is 4. The fourth-order valence-electron chi connectivity index (χ4n) is 5.73. The van der Waals surface area contributed by atoms with Crippen molar-refractivity contribution >= 4 is 40.6 Å². The summed E-state index contributed by atoms with van der Waals surface area (Å²) in [5.74, 6) is -3.54. The monoisotopic (exact) mass is 640 g/mol. The first-order chi connectivity index (χ1) is 21.8. The maximum absolute atomic E-state index is 13.9. The molecule has 1 fully saturated rings. The van der Waals surface area contributed by atoms with E-state index in [2.05, 4.69) is 21.3 Å². The second-order valence-electron chi connectivity index (χ2n) is 12.9. The smallest absolute Gasteiger partial charge is 0.408 e. The van der Waals surface area contributed by atoms with Crippen LogP contribution in [-0.2, 0) is 30.3 Å². The molecule has 1 saturated carbocycles. The number of amides is 4. The van der Waals surface area contributed by atoms with Gasteiger partial charge in [-0.25, -0.2) is 4.79 Å². The number of carboxylic acid groups (broad SMARTS) is 1. The second kappa shape index (κ2) is 16.9. The van der Waals surface area contributed by atoms with E-state index in [1.54, 1.807) is 20.8 Å². The van der Waals surface area contributed by atoms with Crippen molar-refractivity contribution in [1.29, 1.82) is 0 Å². The van der Waals surface area contributed by atoms with Gasteiger partial charge in [0.1, 0.15) is 24.2 Å². The number of carboxylic acids is 1. The Morgan fingerprint density at radius 2 is 1.57 bits per heavy atom. The summed E-state index contributed by atoms with van der Waals surface area (Å²) < 4.78 is 5.45. The summed E-state index contributed by atoms with van der Waals surface area (Å²) in [6, 6.07) is 10.3. The molecule has 0 radical (unpaired) electrons. The lowest BCUT2D eigenvalue weighted by Crippen LogP contribution is -2.59. The summed E-state index contributed by atoms with van der Waals surface area (Å²) in [5, 5.41) is 32.0. The number of alkyl carbamates (subject to hydrolysis) is 1. The average Bonchev–Trinajstić information content (AvgIpc) is 3.01. The van der Waals surface area contributed by atoms with Crippen molar-refractivity contribution in [3.8, 4) is 0 Å². The highest BCUT2D eigenvalue weighted by molar-refractivity contribution is 5.93. The second-order valence-corrected chi connectivity index (χ2v) is 12.9.